The van der Waals surface area contributed by atoms with Gasteiger partial charge in [-0.3, -0.25) is 4.98 Å². The molecule has 3 aliphatic rings. The van der Waals surface area contributed by atoms with Crippen LogP contribution in [0.3, 0.4) is 0 Å². The first-order valence-corrected chi connectivity index (χ1v) is 6.76. The number of rotatable bonds is 0. The third-order valence-electron chi connectivity index (χ3n) is 4.94. The van der Waals surface area contributed by atoms with Crippen molar-refractivity contribution in [2.45, 2.75) is 19.3 Å². The fraction of sp³-hybridized carbons (Fsp3) is 0.400. The second kappa shape index (κ2) is 3.43. The molecule has 2 N–H and O–H groups in total. The van der Waals surface area contributed by atoms with Gasteiger partial charge < -0.3 is 9.80 Å². The monoisotopic (exact) mass is 241 g/mol. The van der Waals surface area contributed by atoms with E-state index in [1.807, 2.05) is 12.4 Å². The Morgan fingerprint density at radius 1 is 1.28 bits per heavy atom. The summed E-state index contributed by atoms with van der Waals surface area (Å²) in [7, 11) is 8.56. The van der Waals surface area contributed by atoms with E-state index in [1.54, 1.807) is 5.57 Å². The van der Waals surface area contributed by atoms with Crippen molar-refractivity contribution in [3.63, 3.8) is 0 Å². The van der Waals surface area contributed by atoms with Gasteiger partial charge in [-0.15, -0.1) is 7.05 Å². The predicted octanol–water partition coefficient (Wildman–Crippen LogP) is -0.0253. The fourth-order valence-electron chi connectivity index (χ4n) is 4.04. The molecule has 3 heterocycles. The highest BCUT2D eigenvalue weighted by molar-refractivity contribution is 5.81. The summed E-state index contributed by atoms with van der Waals surface area (Å²) >= 11 is 0. The van der Waals surface area contributed by atoms with E-state index in [4.69, 9.17) is 0 Å². The molecule has 1 saturated carbocycles. The Labute approximate surface area is 108 Å². The minimum Gasteiger partial charge on any atom is -0.459 e. The summed E-state index contributed by atoms with van der Waals surface area (Å²) in [6.07, 6.45) is 7.89. The Balaban J connectivity index is 1.93. The van der Waals surface area contributed by atoms with Crippen LogP contribution in [0.15, 0.2) is 24.2 Å². The van der Waals surface area contributed by atoms with Crippen molar-refractivity contribution in [3.8, 4) is 0 Å². The zero-order valence-corrected chi connectivity index (χ0v) is 10.6. The van der Waals surface area contributed by atoms with Gasteiger partial charge in [0.2, 0.25) is 0 Å². The summed E-state index contributed by atoms with van der Waals surface area (Å²) in [5, 5.41) is 0. The molecule has 2 aliphatic heterocycles. The molecule has 1 fully saturated rings. The molecule has 3 nitrogen and oxygen atoms in total. The quantitative estimate of drug-likeness (QED) is 0.612. The molecule has 18 heavy (non-hydrogen) atoms. The summed E-state index contributed by atoms with van der Waals surface area (Å²) in [6, 6.07) is 2.18. The molecule has 4 rings (SSSR count). The number of aromatic nitrogens is 1. The summed E-state index contributed by atoms with van der Waals surface area (Å²) in [6.45, 7) is 2.20. The minimum atomic E-state index is 0.389. The van der Waals surface area contributed by atoms with Crippen LogP contribution in [0.4, 0.5) is 5.69 Å². The minimum absolute atomic E-state index is 0.389. The number of pyridine rings is 1. The smallest absolute Gasteiger partial charge is 0.144 e. The molecule has 0 saturated heterocycles. The van der Waals surface area contributed by atoms with Gasteiger partial charge in [0.1, 0.15) is 17.9 Å². The molecule has 1 aliphatic carbocycles. The number of hydrogen-bond donors (Lipinski definition) is 2. The van der Waals surface area contributed by atoms with Crippen molar-refractivity contribution in [2.75, 3.05) is 13.1 Å². The van der Waals surface area contributed by atoms with Gasteiger partial charge in [0.05, 0.1) is 12.7 Å². The van der Waals surface area contributed by atoms with Gasteiger partial charge in [-0.1, -0.05) is 6.42 Å². The zero-order chi connectivity index (χ0) is 12.3. The van der Waals surface area contributed by atoms with Gasteiger partial charge >= 0.3 is 0 Å². The molecule has 2 atom stereocenters. The Kier molecular flexibility index (Phi) is 2.04. The Morgan fingerprint density at radius 2 is 2.11 bits per heavy atom. The first-order valence-electron chi connectivity index (χ1n) is 6.76. The second-order valence-electron chi connectivity index (χ2n) is 5.99. The third kappa shape index (κ3) is 1.19. The lowest BCUT2D eigenvalue weighted by Gasteiger charge is -2.48. The van der Waals surface area contributed by atoms with Crippen LogP contribution in [-0.4, -0.2) is 18.1 Å². The molecule has 0 amide bonds. The van der Waals surface area contributed by atoms with Crippen LogP contribution in [0.25, 0.3) is 5.57 Å². The molecule has 0 bridgehead atoms. The molecule has 94 valence electrons. The van der Waals surface area contributed by atoms with Crippen LogP contribution in [0.5, 0.6) is 0 Å². The summed E-state index contributed by atoms with van der Waals surface area (Å²) in [4.78, 5) is 6.84. The number of quaternary nitrogens is 2. The van der Waals surface area contributed by atoms with Gasteiger partial charge in [-0.2, -0.15) is 7.05 Å². The number of fused-ring (bicyclic) bond motifs is 3. The van der Waals surface area contributed by atoms with Crippen molar-refractivity contribution in [1.82, 2.24) is 4.98 Å². The highest BCUT2D eigenvalue weighted by atomic mass is 15.2. The average molecular weight is 241 g/mol. The van der Waals surface area contributed by atoms with E-state index in [9.17, 15) is 0 Å². The summed E-state index contributed by atoms with van der Waals surface area (Å²) < 4.78 is 0. The number of nitrogens with zero attached hydrogens (tertiary/aromatic N) is 1. The van der Waals surface area contributed by atoms with Gasteiger partial charge in [-0.25, -0.2) is 0 Å². The van der Waals surface area contributed by atoms with Crippen molar-refractivity contribution in [2.24, 2.45) is 5.41 Å². The topological polar surface area (TPSA) is 21.8 Å². The predicted molar refractivity (Wildman–Crippen MR) is 69.5 cm³/mol. The molecule has 0 aromatic carbocycles. The molecule has 1 aromatic rings. The van der Waals surface area contributed by atoms with E-state index in [0.29, 0.717) is 5.41 Å². The van der Waals surface area contributed by atoms with E-state index in [1.165, 1.54) is 52.6 Å². The molecule has 1 spiro atoms. The van der Waals surface area contributed by atoms with Crippen LogP contribution in [0, 0.1) is 19.5 Å². The van der Waals surface area contributed by atoms with Crippen molar-refractivity contribution in [3.05, 3.63) is 43.8 Å². The van der Waals surface area contributed by atoms with Crippen LogP contribution in [0.2, 0.25) is 0 Å². The van der Waals surface area contributed by atoms with Gasteiger partial charge in [0, 0.05) is 22.7 Å². The van der Waals surface area contributed by atoms with Crippen LogP contribution in [-0.2, 0) is 0 Å². The second-order valence-corrected chi connectivity index (χ2v) is 5.99. The maximum absolute atomic E-state index is 4.30. The maximum atomic E-state index is 4.30. The van der Waals surface area contributed by atoms with Gasteiger partial charge in [0.15, 0.2) is 0 Å². The standard InChI is InChI=1S/C15H19N3/c1-17-9-13-14(15(10-17)5-3-6-15)11-4-7-16-8-12(11)18(13)2/h4,7-8,17-18H,1-3,5-6,9-10H2. The lowest BCUT2D eigenvalue weighted by Crippen LogP contribution is -3.14. The Bertz CT molecular complexity index is 542. The highest BCUT2D eigenvalue weighted by Crippen LogP contribution is 2.53. The highest BCUT2D eigenvalue weighted by Gasteiger charge is 2.52. The van der Waals surface area contributed by atoms with Crippen molar-refractivity contribution < 1.29 is 9.80 Å². The zero-order valence-electron chi connectivity index (χ0n) is 10.6. The van der Waals surface area contributed by atoms with Crippen LogP contribution < -0.4 is 9.80 Å². The molecule has 0 radical (unpaired) electrons. The maximum Gasteiger partial charge on any atom is 0.144 e. The third-order valence-corrected chi connectivity index (χ3v) is 4.94. The fourth-order valence-corrected chi connectivity index (χ4v) is 4.04. The van der Waals surface area contributed by atoms with Crippen molar-refractivity contribution >= 4 is 11.3 Å². The van der Waals surface area contributed by atoms with E-state index >= 15 is 0 Å². The van der Waals surface area contributed by atoms with E-state index in [-0.39, 0.29) is 0 Å². The average Bonchev–Trinajstić information content (AvgIpc) is 2.61. The lowest BCUT2D eigenvalue weighted by atomic mass is 9.61. The Hall–Kier alpha value is -1.19. The summed E-state index contributed by atoms with van der Waals surface area (Å²) in [5.41, 5.74) is 6.08. The van der Waals surface area contributed by atoms with Gasteiger partial charge in [-0.05, 0) is 18.9 Å². The van der Waals surface area contributed by atoms with Crippen LogP contribution >= 0.6 is 0 Å². The van der Waals surface area contributed by atoms with Crippen LogP contribution in [0.1, 0.15) is 24.8 Å². The molecule has 3 heteroatoms. The summed E-state index contributed by atoms with van der Waals surface area (Å²) in [5.74, 6) is 0. The SMILES string of the molecule is [CH2-][NH+]1CC2=C(c3ccncc3[NH+]2[CH2-])C2(CCC2)C1. The van der Waals surface area contributed by atoms with E-state index < -0.39 is 0 Å². The number of nitrogens with one attached hydrogen (secondary N) is 2. The number of hydrogen-bond acceptors (Lipinski definition) is 1. The lowest BCUT2D eigenvalue weighted by molar-refractivity contribution is -0.879. The first kappa shape index (κ1) is 10.7. The molecule has 2 unspecified atom stereocenters. The molecular weight excluding hydrogens is 222 g/mol. The molecular formula is C15H19N3. The molecule has 1 aromatic heterocycles. The van der Waals surface area contributed by atoms with Gasteiger partial charge in [0.25, 0.3) is 0 Å². The normalized spacial score (nSPS) is 32.1. The largest absolute Gasteiger partial charge is 0.459 e. The van der Waals surface area contributed by atoms with E-state index in [0.717, 1.165) is 6.54 Å². The van der Waals surface area contributed by atoms with Crippen molar-refractivity contribution in [1.29, 1.82) is 0 Å². The van der Waals surface area contributed by atoms with E-state index in [2.05, 4.69) is 25.1 Å². The first-order chi connectivity index (χ1) is 8.71. The Morgan fingerprint density at radius 3 is 2.83 bits per heavy atom.